The van der Waals surface area contributed by atoms with Gasteiger partial charge in [0.1, 0.15) is 0 Å². The summed E-state index contributed by atoms with van der Waals surface area (Å²) < 4.78 is 0. The topological polar surface area (TPSA) is 49.4 Å². The third-order valence-electron chi connectivity index (χ3n) is 4.47. The van der Waals surface area contributed by atoms with Crippen LogP contribution in [0.5, 0.6) is 0 Å². The Hall–Kier alpha value is -2.92. The molecule has 0 saturated carbocycles. The van der Waals surface area contributed by atoms with E-state index >= 15 is 0 Å². The van der Waals surface area contributed by atoms with E-state index in [2.05, 4.69) is 23.5 Å². The normalized spacial score (nSPS) is 10.5. The fourth-order valence-corrected chi connectivity index (χ4v) is 3.65. The number of carbonyl (C=O) groups is 2. The predicted molar refractivity (Wildman–Crippen MR) is 113 cm³/mol. The van der Waals surface area contributed by atoms with E-state index in [1.54, 1.807) is 11.3 Å². The zero-order chi connectivity index (χ0) is 19.8. The summed E-state index contributed by atoms with van der Waals surface area (Å²) in [6, 6.07) is 21.7. The quantitative estimate of drug-likeness (QED) is 0.622. The number of rotatable bonds is 8. The van der Waals surface area contributed by atoms with Crippen LogP contribution in [0.2, 0.25) is 0 Å². The molecule has 3 aromatic rings. The molecule has 0 bridgehead atoms. The summed E-state index contributed by atoms with van der Waals surface area (Å²) in [5, 5.41) is 4.80. The van der Waals surface area contributed by atoms with E-state index in [-0.39, 0.29) is 11.8 Å². The summed E-state index contributed by atoms with van der Waals surface area (Å²) in [6.07, 6.45) is 0.818. The average Bonchev–Trinajstić information content (AvgIpc) is 3.23. The number of thiophene rings is 1. The molecule has 0 atom stereocenters. The first-order valence-corrected chi connectivity index (χ1v) is 10.2. The van der Waals surface area contributed by atoms with Crippen molar-refractivity contribution in [1.82, 2.24) is 10.2 Å². The molecule has 1 aromatic heterocycles. The molecule has 144 valence electrons. The van der Waals surface area contributed by atoms with Crippen molar-refractivity contribution in [3.05, 3.63) is 93.7 Å². The summed E-state index contributed by atoms with van der Waals surface area (Å²) >= 11 is 1.66. The van der Waals surface area contributed by atoms with Crippen molar-refractivity contribution in [2.45, 2.75) is 26.4 Å². The van der Waals surface area contributed by atoms with Crippen molar-refractivity contribution < 1.29 is 9.59 Å². The maximum Gasteiger partial charge on any atom is 0.254 e. The highest BCUT2D eigenvalue weighted by molar-refractivity contribution is 7.09. The second-order valence-corrected chi connectivity index (χ2v) is 7.68. The Morgan fingerprint density at radius 3 is 2.32 bits per heavy atom. The third kappa shape index (κ3) is 5.79. The van der Waals surface area contributed by atoms with Gasteiger partial charge < -0.3 is 10.2 Å². The van der Waals surface area contributed by atoms with Crippen LogP contribution in [0.25, 0.3) is 0 Å². The van der Waals surface area contributed by atoms with E-state index in [0.717, 1.165) is 12.0 Å². The minimum atomic E-state index is -0.0665. The van der Waals surface area contributed by atoms with Crippen molar-refractivity contribution in [1.29, 1.82) is 0 Å². The van der Waals surface area contributed by atoms with Gasteiger partial charge in [-0.1, -0.05) is 48.5 Å². The van der Waals surface area contributed by atoms with Gasteiger partial charge in [-0.15, -0.1) is 11.3 Å². The van der Waals surface area contributed by atoms with Crippen LogP contribution in [0.1, 0.15) is 33.3 Å². The molecule has 0 aliphatic carbocycles. The molecule has 0 saturated heterocycles. The lowest BCUT2D eigenvalue weighted by Crippen LogP contribution is -2.32. The van der Waals surface area contributed by atoms with Gasteiger partial charge in [0.15, 0.2) is 0 Å². The Labute approximate surface area is 169 Å². The molecule has 0 fully saturated rings. The zero-order valence-electron chi connectivity index (χ0n) is 15.9. The van der Waals surface area contributed by atoms with Crippen LogP contribution in [-0.2, 0) is 24.3 Å². The molecule has 5 heteroatoms. The summed E-state index contributed by atoms with van der Waals surface area (Å²) in [5.41, 5.74) is 2.86. The molecule has 0 unspecified atom stereocenters. The fraction of sp³-hybridized carbons (Fsp3) is 0.217. The molecule has 2 aromatic carbocycles. The second-order valence-electron chi connectivity index (χ2n) is 6.65. The van der Waals surface area contributed by atoms with Gasteiger partial charge in [-0.2, -0.15) is 0 Å². The van der Waals surface area contributed by atoms with Crippen LogP contribution < -0.4 is 5.32 Å². The van der Waals surface area contributed by atoms with Crippen LogP contribution in [0.4, 0.5) is 0 Å². The van der Waals surface area contributed by atoms with Gasteiger partial charge in [0, 0.05) is 30.5 Å². The van der Waals surface area contributed by atoms with Crippen molar-refractivity contribution in [2.75, 3.05) is 6.54 Å². The van der Waals surface area contributed by atoms with Gasteiger partial charge in [-0.25, -0.2) is 0 Å². The van der Waals surface area contributed by atoms with Crippen LogP contribution in [0.15, 0.2) is 72.1 Å². The third-order valence-corrected chi connectivity index (χ3v) is 5.33. The van der Waals surface area contributed by atoms with Crippen LogP contribution in [0.3, 0.4) is 0 Å². The molecule has 0 radical (unpaired) electrons. The predicted octanol–water partition coefficient (Wildman–Crippen LogP) is 4.27. The number of hydrogen-bond acceptors (Lipinski definition) is 3. The van der Waals surface area contributed by atoms with Gasteiger partial charge in [0.05, 0.1) is 6.54 Å². The molecular weight excluding hydrogens is 368 g/mol. The second kappa shape index (κ2) is 9.85. The molecule has 28 heavy (non-hydrogen) atoms. The van der Waals surface area contributed by atoms with Gasteiger partial charge in [-0.05, 0) is 41.1 Å². The molecule has 0 aliphatic heterocycles. The maximum absolute atomic E-state index is 13.1. The first-order valence-electron chi connectivity index (χ1n) is 9.31. The number of nitrogens with one attached hydrogen (secondary N) is 1. The van der Waals surface area contributed by atoms with E-state index in [1.807, 2.05) is 58.8 Å². The minimum Gasteiger partial charge on any atom is -0.352 e. The maximum atomic E-state index is 13.1. The van der Waals surface area contributed by atoms with Crippen molar-refractivity contribution in [3.63, 3.8) is 0 Å². The standard InChI is InChI=1S/C23H24N2O2S/c1-18(26)24-16-20-9-11-21(12-10-20)23(27)25(17-22-8-5-15-28-22)14-13-19-6-3-2-4-7-19/h2-12,15H,13-14,16-17H2,1H3,(H,24,26). The lowest BCUT2D eigenvalue weighted by molar-refractivity contribution is -0.119. The number of nitrogens with zero attached hydrogens (tertiary/aromatic N) is 1. The summed E-state index contributed by atoms with van der Waals surface area (Å²) in [7, 11) is 0. The van der Waals surface area contributed by atoms with Crippen molar-refractivity contribution >= 4 is 23.2 Å². The largest absolute Gasteiger partial charge is 0.352 e. The summed E-state index contributed by atoms with van der Waals surface area (Å²) in [5.74, 6) is -0.0430. The molecule has 3 rings (SSSR count). The van der Waals surface area contributed by atoms with Gasteiger partial charge in [0.25, 0.3) is 5.91 Å². The van der Waals surface area contributed by atoms with Crippen LogP contribution >= 0.6 is 11.3 Å². The number of hydrogen-bond donors (Lipinski definition) is 1. The Morgan fingerprint density at radius 2 is 1.68 bits per heavy atom. The number of benzene rings is 2. The number of amides is 2. The monoisotopic (exact) mass is 392 g/mol. The Balaban J connectivity index is 1.70. The van der Waals surface area contributed by atoms with Gasteiger partial charge in [0.2, 0.25) is 5.91 Å². The first-order chi connectivity index (χ1) is 13.6. The molecule has 0 aliphatic rings. The Bertz CT molecular complexity index is 890. The molecule has 0 spiro atoms. The van der Waals surface area contributed by atoms with Crippen LogP contribution in [-0.4, -0.2) is 23.3 Å². The smallest absolute Gasteiger partial charge is 0.254 e. The van der Waals surface area contributed by atoms with Gasteiger partial charge in [-0.3, -0.25) is 9.59 Å². The summed E-state index contributed by atoms with van der Waals surface area (Å²) in [4.78, 5) is 27.3. The highest BCUT2D eigenvalue weighted by Crippen LogP contribution is 2.16. The van der Waals surface area contributed by atoms with Gasteiger partial charge >= 0.3 is 0 Å². The van der Waals surface area contributed by atoms with Crippen LogP contribution in [0, 0.1) is 0 Å². The highest BCUT2D eigenvalue weighted by Gasteiger charge is 2.17. The minimum absolute atomic E-state index is 0.0235. The fourth-order valence-electron chi connectivity index (χ4n) is 2.93. The summed E-state index contributed by atoms with van der Waals surface area (Å²) in [6.45, 7) is 3.23. The number of carbonyl (C=O) groups excluding carboxylic acids is 2. The van der Waals surface area contributed by atoms with E-state index in [1.165, 1.54) is 17.4 Å². The molecule has 1 heterocycles. The molecule has 2 amide bonds. The molecular formula is C23H24N2O2S. The average molecular weight is 393 g/mol. The van der Waals surface area contributed by atoms with E-state index in [4.69, 9.17) is 0 Å². The van der Waals surface area contributed by atoms with E-state index < -0.39 is 0 Å². The molecule has 1 N–H and O–H groups in total. The lowest BCUT2D eigenvalue weighted by Gasteiger charge is -2.22. The van der Waals surface area contributed by atoms with Crippen molar-refractivity contribution in [2.24, 2.45) is 0 Å². The highest BCUT2D eigenvalue weighted by atomic mass is 32.1. The SMILES string of the molecule is CC(=O)NCc1ccc(C(=O)N(CCc2ccccc2)Cc2cccs2)cc1. The molecule has 4 nitrogen and oxygen atoms in total. The van der Waals surface area contributed by atoms with E-state index in [0.29, 0.717) is 25.2 Å². The van der Waals surface area contributed by atoms with Crippen molar-refractivity contribution in [3.8, 4) is 0 Å². The Kier molecular flexibility index (Phi) is 6.98. The zero-order valence-corrected chi connectivity index (χ0v) is 16.7. The Morgan fingerprint density at radius 1 is 0.929 bits per heavy atom. The van der Waals surface area contributed by atoms with E-state index in [9.17, 15) is 9.59 Å². The first kappa shape index (κ1) is 19.8. The lowest BCUT2D eigenvalue weighted by atomic mass is 10.1.